The van der Waals surface area contributed by atoms with Gasteiger partial charge in [0.25, 0.3) is 0 Å². The normalized spacial score (nSPS) is 10.9. The van der Waals surface area contributed by atoms with Gasteiger partial charge in [-0.1, -0.05) is 12.1 Å². The number of para-hydroxylation sites is 1. The molecule has 0 saturated heterocycles. The molecular weight excluding hydrogens is 248 g/mol. The molecule has 0 atom stereocenters. The molecule has 3 rings (SSSR count). The molecule has 5 heteroatoms. The number of rotatable bonds is 3. The minimum atomic E-state index is -0.857. The smallest absolute Gasteiger partial charge is 0.309 e. The number of fused-ring (bicyclic) bond motifs is 1. The van der Waals surface area contributed by atoms with E-state index >= 15 is 0 Å². The first-order valence-corrected chi connectivity index (χ1v) is 6.34. The van der Waals surface area contributed by atoms with Gasteiger partial charge in [-0.3, -0.25) is 4.79 Å². The van der Waals surface area contributed by atoms with Crippen molar-refractivity contribution in [2.45, 2.75) is 6.42 Å². The van der Waals surface area contributed by atoms with E-state index in [1.165, 1.54) is 11.3 Å². The van der Waals surface area contributed by atoms with Crippen molar-refractivity contribution in [3.8, 4) is 10.6 Å². The third-order valence-corrected chi connectivity index (χ3v) is 3.63. The van der Waals surface area contributed by atoms with Gasteiger partial charge in [0.05, 0.1) is 17.6 Å². The van der Waals surface area contributed by atoms with Crippen molar-refractivity contribution >= 4 is 28.2 Å². The number of thiazole rings is 1. The van der Waals surface area contributed by atoms with E-state index < -0.39 is 5.97 Å². The highest BCUT2D eigenvalue weighted by atomic mass is 32.1. The number of benzene rings is 1. The highest BCUT2D eigenvalue weighted by Crippen LogP contribution is 2.30. The lowest BCUT2D eigenvalue weighted by atomic mass is 10.1. The second-order valence-electron chi connectivity index (χ2n) is 3.96. The van der Waals surface area contributed by atoms with Crippen LogP contribution in [0.2, 0.25) is 0 Å². The molecule has 0 radical (unpaired) electrons. The lowest BCUT2D eigenvalue weighted by Gasteiger charge is -1.98. The van der Waals surface area contributed by atoms with Crippen molar-refractivity contribution < 1.29 is 9.90 Å². The Morgan fingerprint density at radius 3 is 3.11 bits per heavy atom. The highest BCUT2D eigenvalue weighted by Gasteiger charge is 2.10. The van der Waals surface area contributed by atoms with Crippen molar-refractivity contribution in [3.63, 3.8) is 0 Å². The third-order valence-electron chi connectivity index (χ3n) is 2.70. The van der Waals surface area contributed by atoms with Crippen LogP contribution in [0.15, 0.2) is 35.8 Å². The highest BCUT2D eigenvalue weighted by molar-refractivity contribution is 7.13. The summed E-state index contributed by atoms with van der Waals surface area (Å²) in [5, 5.41) is 12.5. The Kier molecular flexibility index (Phi) is 2.60. The fourth-order valence-electron chi connectivity index (χ4n) is 1.93. The van der Waals surface area contributed by atoms with E-state index in [0.29, 0.717) is 5.69 Å². The number of nitrogens with one attached hydrogen (secondary N) is 1. The van der Waals surface area contributed by atoms with Crippen LogP contribution in [0.5, 0.6) is 0 Å². The minimum Gasteiger partial charge on any atom is -0.481 e. The van der Waals surface area contributed by atoms with Gasteiger partial charge >= 0.3 is 5.97 Å². The molecule has 2 heterocycles. The Hall–Kier alpha value is -2.14. The maximum Gasteiger partial charge on any atom is 0.309 e. The van der Waals surface area contributed by atoms with E-state index in [1.807, 2.05) is 30.5 Å². The van der Waals surface area contributed by atoms with Crippen LogP contribution in [0.4, 0.5) is 0 Å². The van der Waals surface area contributed by atoms with Crippen molar-refractivity contribution in [3.05, 3.63) is 41.5 Å². The SMILES string of the molecule is O=C(O)Cc1csc(-c2cccc3cc[nH]c23)n1. The average Bonchev–Trinajstić information content (AvgIpc) is 2.95. The quantitative estimate of drug-likeness (QED) is 0.759. The van der Waals surface area contributed by atoms with Crippen LogP contribution < -0.4 is 0 Å². The first kappa shape index (κ1) is 11.0. The third kappa shape index (κ3) is 1.89. The van der Waals surface area contributed by atoms with Gasteiger partial charge < -0.3 is 10.1 Å². The zero-order valence-electron chi connectivity index (χ0n) is 9.38. The van der Waals surface area contributed by atoms with Gasteiger partial charge in [0.2, 0.25) is 0 Å². The number of nitrogens with zero attached hydrogens (tertiary/aromatic N) is 1. The summed E-state index contributed by atoms with van der Waals surface area (Å²) in [5.74, 6) is -0.857. The van der Waals surface area contributed by atoms with Gasteiger partial charge in [-0.15, -0.1) is 11.3 Å². The zero-order chi connectivity index (χ0) is 12.5. The summed E-state index contributed by atoms with van der Waals surface area (Å²) >= 11 is 1.47. The van der Waals surface area contributed by atoms with E-state index in [-0.39, 0.29) is 6.42 Å². The molecule has 0 saturated carbocycles. The predicted molar refractivity (Wildman–Crippen MR) is 70.7 cm³/mol. The first-order chi connectivity index (χ1) is 8.74. The second-order valence-corrected chi connectivity index (χ2v) is 4.82. The lowest BCUT2D eigenvalue weighted by molar-refractivity contribution is -0.136. The Morgan fingerprint density at radius 2 is 2.28 bits per heavy atom. The predicted octanol–water partition coefficient (Wildman–Crippen LogP) is 2.92. The monoisotopic (exact) mass is 258 g/mol. The first-order valence-electron chi connectivity index (χ1n) is 5.47. The molecule has 0 fully saturated rings. The Labute approximate surface area is 107 Å². The van der Waals surface area contributed by atoms with Crippen molar-refractivity contribution in [1.82, 2.24) is 9.97 Å². The summed E-state index contributed by atoms with van der Waals surface area (Å²) in [5.41, 5.74) is 2.65. The number of H-pyrrole nitrogens is 1. The molecule has 3 aromatic rings. The standard InChI is InChI=1S/C13H10N2O2S/c16-11(17)6-9-7-18-13(15-9)10-3-1-2-8-4-5-14-12(8)10/h1-5,7,14H,6H2,(H,16,17). The van der Waals surface area contributed by atoms with Gasteiger partial charge in [0, 0.05) is 22.5 Å². The largest absolute Gasteiger partial charge is 0.481 e. The molecule has 0 unspecified atom stereocenters. The van der Waals surface area contributed by atoms with Crippen LogP contribution in [0, 0.1) is 0 Å². The van der Waals surface area contributed by atoms with Crippen LogP contribution in [0.1, 0.15) is 5.69 Å². The molecule has 1 aromatic carbocycles. The Bertz CT molecular complexity index is 714. The molecule has 4 nitrogen and oxygen atoms in total. The molecule has 0 aliphatic heterocycles. The molecule has 0 bridgehead atoms. The molecule has 0 spiro atoms. The summed E-state index contributed by atoms with van der Waals surface area (Å²) in [7, 11) is 0. The number of hydrogen-bond acceptors (Lipinski definition) is 3. The summed E-state index contributed by atoms with van der Waals surface area (Å²) < 4.78 is 0. The van der Waals surface area contributed by atoms with Crippen LogP contribution >= 0.6 is 11.3 Å². The van der Waals surface area contributed by atoms with Gasteiger partial charge in [0.15, 0.2) is 0 Å². The summed E-state index contributed by atoms with van der Waals surface area (Å²) in [6, 6.07) is 8.00. The summed E-state index contributed by atoms with van der Waals surface area (Å²) in [6.07, 6.45) is 1.86. The molecule has 2 N–H and O–H groups in total. The average molecular weight is 258 g/mol. The van der Waals surface area contributed by atoms with E-state index in [9.17, 15) is 4.79 Å². The minimum absolute atomic E-state index is 0.0306. The number of aromatic nitrogens is 2. The maximum absolute atomic E-state index is 10.6. The van der Waals surface area contributed by atoms with Gasteiger partial charge in [-0.05, 0) is 12.1 Å². The van der Waals surface area contributed by atoms with Gasteiger partial charge in [-0.25, -0.2) is 4.98 Å². The van der Waals surface area contributed by atoms with Crippen LogP contribution in [-0.2, 0) is 11.2 Å². The Balaban J connectivity index is 2.06. The summed E-state index contributed by atoms with van der Waals surface area (Å²) in [4.78, 5) is 18.2. The number of hydrogen-bond donors (Lipinski definition) is 2. The second kappa shape index (κ2) is 4.27. The number of aliphatic carboxylic acids is 1. The van der Waals surface area contributed by atoms with Gasteiger partial charge in [-0.2, -0.15) is 0 Å². The number of carboxylic acids is 1. The fraction of sp³-hybridized carbons (Fsp3) is 0.0769. The van der Waals surface area contributed by atoms with E-state index in [4.69, 9.17) is 5.11 Å². The molecular formula is C13H10N2O2S. The topological polar surface area (TPSA) is 66.0 Å². The molecule has 0 amide bonds. The molecule has 90 valence electrons. The van der Waals surface area contributed by atoms with E-state index in [2.05, 4.69) is 9.97 Å². The van der Waals surface area contributed by atoms with Crippen molar-refractivity contribution in [2.24, 2.45) is 0 Å². The van der Waals surface area contributed by atoms with Crippen molar-refractivity contribution in [1.29, 1.82) is 0 Å². The maximum atomic E-state index is 10.6. The van der Waals surface area contributed by atoms with Crippen LogP contribution in [0.3, 0.4) is 0 Å². The van der Waals surface area contributed by atoms with E-state index in [0.717, 1.165) is 21.5 Å². The van der Waals surface area contributed by atoms with E-state index in [1.54, 1.807) is 5.38 Å². The molecule has 0 aliphatic rings. The molecule has 0 aliphatic carbocycles. The molecule has 18 heavy (non-hydrogen) atoms. The summed E-state index contributed by atoms with van der Waals surface area (Å²) in [6.45, 7) is 0. The van der Waals surface area contributed by atoms with Crippen LogP contribution in [-0.4, -0.2) is 21.0 Å². The van der Waals surface area contributed by atoms with Gasteiger partial charge in [0.1, 0.15) is 5.01 Å². The van der Waals surface area contributed by atoms with Crippen molar-refractivity contribution in [2.75, 3.05) is 0 Å². The number of aromatic amines is 1. The molecule has 2 aromatic heterocycles. The Morgan fingerprint density at radius 1 is 1.39 bits per heavy atom. The number of carbonyl (C=O) groups is 1. The lowest BCUT2D eigenvalue weighted by Crippen LogP contribution is -1.99. The van der Waals surface area contributed by atoms with Crippen LogP contribution in [0.25, 0.3) is 21.5 Å². The fourth-order valence-corrected chi connectivity index (χ4v) is 2.78. The number of carboxylic acid groups (broad SMARTS) is 1. The zero-order valence-corrected chi connectivity index (χ0v) is 10.2.